The number of nitriles is 1. The zero-order valence-electron chi connectivity index (χ0n) is 14.2. The molecule has 2 unspecified atom stereocenters. The number of aromatic nitrogens is 3. The van der Waals surface area contributed by atoms with Crippen molar-refractivity contribution in [3.05, 3.63) is 42.4 Å². The van der Waals surface area contributed by atoms with Crippen LogP contribution in [0.25, 0.3) is 22.2 Å². The Morgan fingerprint density at radius 2 is 2.32 bits per heavy atom. The molecule has 1 aliphatic heterocycles. The van der Waals surface area contributed by atoms with E-state index in [1.54, 1.807) is 6.33 Å². The van der Waals surface area contributed by atoms with E-state index < -0.39 is 0 Å². The smallest absolute Gasteiger partial charge is 0.143 e. The van der Waals surface area contributed by atoms with Crippen molar-refractivity contribution in [2.24, 2.45) is 11.3 Å². The van der Waals surface area contributed by atoms with Crippen LogP contribution >= 0.6 is 0 Å². The van der Waals surface area contributed by atoms with Gasteiger partial charge in [0.1, 0.15) is 17.8 Å². The molecule has 0 radical (unpaired) electrons. The van der Waals surface area contributed by atoms with Crippen LogP contribution in [0.5, 0.6) is 0 Å². The van der Waals surface area contributed by atoms with Crippen molar-refractivity contribution in [3.8, 4) is 17.2 Å². The molecule has 2 atom stereocenters. The number of fused-ring (bicyclic) bond motifs is 2. The predicted octanol–water partition coefficient (Wildman–Crippen LogP) is 3.73. The molecule has 2 aliphatic rings. The third-order valence-electron chi connectivity index (χ3n) is 6.06. The highest BCUT2D eigenvalue weighted by Gasteiger charge is 2.58. The van der Waals surface area contributed by atoms with E-state index >= 15 is 0 Å². The minimum Gasteiger partial charge on any atom is -0.355 e. The second kappa shape index (κ2) is 5.06. The minimum absolute atomic E-state index is 0.508. The second-order valence-corrected chi connectivity index (χ2v) is 7.31. The van der Waals surface area contributed by atoms with Crippen LogP contribution in [0.2, 0.25) is 0 Å². The summed E-state index contributed by atoms with van der Waals surface area (Å²) in [5.74, 6) is 1.83. The zero-order valence-corrected chi connectivity index (χ0v) is 14.2. The van der Waals surface area contributed by atoms with E-state index in [0.29, 0.717) is 11.0 Å². The van der Waals surface area contributed by atoms with Gasteiger partial charge >= 0.3 is 0 Å². The maximum atomic E-state index is 9.20. The van der Waals surface area contributed by atoms with Gasteiger partial charge in [-0.3, -0.25) is 0 Å². The molecule has 5 heteroatoms. The van der Waals surface area contributed by atoms with E-state index in [1.165, 1.54) is 12.8 Å². The number of piperidine rings is 1. The van der Waals surface area contributed by atoms with Crippen LogP contribution in [-0.4, -0.2) is 28.0 Å². The van der Waals surface area contributed by atoms with Gasteiger partial charge in [0.15, 0.2) is 0 Å². The molecule has 5 rings (SSSR count). The van der Waals surface area contributed by atoms with Gasteiger partial charge in [-0.25, -0.2) is 9.97 Å². The molecule has 2 aromatic heterocycles. The van der Waals surface area contributed by atoms with Crippen LogP contribution < -0.4 is 4.90 Å². The molecule has 5 nitrogen and oxygen atoms in total. The number of rotatable bonds is 3. The molecule has 25 heavy (non-hydrogen) atoms. The molecule has 0 spiro atoms. The highest BCUT2D eigenvalue weighted by molar-refractivity contribution is 6.01. The molecular weight excluding hydrogens is 310 g/mol. The van der Waals surface area contributed by atoms with Crippen LogP contribution in [0.15, 0.2) is 36.8 Å². The number of H-pyrrole nitrogens is 1. The van der Waals surface area contributed by atoms with Gasteiger partial charge in [-0.1, -0.05) is 19.1 Å². The maximum absolute atomic E-state index is 9.20. The molecule has 3 heterocycles. The van der Waals surface area contributed by atoms with Crippen molar-refractivity contribution in [1.29, 1.82) is 5.26 Å². The first kappa shape index (κ1) is 14.5. The number of anilines is 1. The van der Waals surface area contributed by atoms with Crippen LogP contribution in [-0.2, 0) is 0 Å². The van der Waals surface area contributed by atoms with Gasteiger partial charge < -0.3 is 9.88 Å². The fourth-order valence-corrected chi connectivity index (χ4v) is 4.47. The Hall–Kier alpha value is -2.87. The van der Waals surface area contributed by atoms with E-state index in [0.717, 1.165) is 47.0 Å². The highest BCUT2D eigenvalue weighted by atomic mass is 15.2. The Labute approximate surface area is 146 Å². The van der Waals surface area contributed by atoms with E-state index in [4.69, 9.17) is 0 Å². The van der Waals surface area contributed by atoms with Crippen LogP contribution in [0.4, 0.5) is 5.82 Å². The van der Waals surface area contributed by atoms with Crippen molar-refractivity contribution in [2.75, 3.05) is 18.0 Å². The summed E-state index contributed by atoms with van der Waals surface area (Å²) in [7, 11) is 0. The van der Waals surface area contributed by atoms with Crippen LogP contribution in [0.1, 0.15) is 25.3 Å². The van der Waals surface area contributed by atoms with Gasteiger partial charge in [-0.05, 0) is 41.9 Å². The lowest BCUT2D eigenvalue weighted by atomic mass is 10.0. The van der Waals surface area contributed by atoms with Crippen molar-refractivity contribution < 1.29 is 0 Å². The summed E-state index contributed by atoms with van der Waals surface area (Å²) in [6.07, 6.45) is 6.23. The van der Waals surface area contributed by atoms with Gasteiger partial charge in [0.2, 0.25) is 0 Å². The average Bonchev–Trinajstić information content (AvgIpc) is 3.02. The largest absolute Gasteiger partial charge is 0.355 e. The minimum atomic E-state index is 0.508. The Morgan fingerprint density at radius 1 is 1.40 bits per heavy atom. The molecule has 1 saturated heterocycles. The van der Waals surface area contributed by atoms with Crippen LogP contribution in [0, 0.1) is 22.7 Å². The van der Waals surface area contributed by atoms with Crippen molar-refractivity contribution >= 4 is 16.9 Å². The predicted molar refractivity (Wildman–Crippen MR) is 97.1 cm³/mol. The Morgan fingerprint density at radius 3 is 3.12 bits per heavy atom. The lowest BCUT2D eigenvalue weighted by Crippen LogP contribution is -2.25. The molecular formula is C20H19N5. The molecule has 1 aliphatic carbocycles. The van der Waals surface area contributed by atoms with Crippen LogP contribution in [0.3, 0.4) is 0 Å². The quantitative estimate of drug-likeness (QED) is 0.795. The Kier molecular flexibility index (Phi) is 2.93. The number of nitrogens with one attached hydrogen (secondary N) is 1. The molecule has 1 aromatic carbocycles. The van der Waals surface area contributed by atoms with Crippen molar-refractivity contribution in [1.82, 2.24) is 15.0 Å². The molecule has 1 N–H and O–H groups in total. The van der Waals surface area contributed by atoms with E-state index in [9.17, 15) is 5.26 Å². The fourth-order valence-electron chi connectivity index (χ4n) is 4.47. The highest BCUT2D eigenvalue weighted by Crippen LogP contribution is 2.60. The average molecular weight is 329 g/mol. The monoisotopic (exact) mass is 329 g/mol. The SMILES string of the molecule is CCC12CC1CN(c1ncnc3[nH]cc(-c4cccc(C#N)c4)c13)C2. The summed E-state index contributed by atoms with van der Waals surface area (Å²) >= 11 is 0. The number of benzene rings is 1. The summed E-state index contributed by atoms with van der Waals surface area (Å²) in [5, 5.41) is 10.3. The number of aromatic amines is 1. The number of hydrogen-bond acceptors (Lipinski definition) is 4. The first-order chi connectivity index (χ1) is 12.2. The lowest BCUT2D eigenvalue weighted by molar-refractivity contribution is 0.509. The fraction of sp³-hybridized carbons (Fsp3) is 0.350. The van der Waals surface area contributed by atoms with Gasteiger partial charge in [0.05, 0.1) is 17.0 Å². The third kappa shape index (κ3) is 2.07. The first-order valence-corrected chi connectivity index (χ1v) is 8.81. The van der Waals surface area contributed by atoms with Gasteiger partial charge in [-0.15, -0.1) is 0 Å². The summed E-state index contributed by atoms with van der Waals surface area (Å²) in [6.45, 7) is 4.47. The van der Waals surface area contributed by atoms with E-state index in [2.05, 4.69) is 32.8 Å². The molecule has 2 fully saturated rings. The van der Waals surface area contributed by atoms with Crippen molar-refractivity contribution in [2.45, 2.75) is 19.8 Å². The Balaban J connectivity index is 1.63. The number of hydrogen-bond donors (Lipinski definition) is 1. The normalized spacial score (nSPS) is 24.3. The second-order valence-electron chi connectivity index (χ2n) is 7.31. The Bertz CT molecular complexity index is 1010. The third-order valence-corrected chi connectivity index (χ3v) is 6.06. The number of nitrogens with zero attached hydrogens (tertiary/aromatic N) is 4. The van der Waals surface area contributed by atoms with Crippen molar-refractivity contribution in [3.63, 3.8) is 0 Å². The summed E-state index contributed by atoms with van der Waals surface area (Å²) < 4.78 is 0. The van der Waals surface area contributed by atoms with E-state index in [1.807, 2.05) is 30.5 Å². The molecule has 1 saturated carbocycles. The maximum Gasteiger partial charge on any atom is 0.143 e. The summed E-state index contributed by atoms with van der Waals surface area (Å²) in [6, 6.07) is 9.93. The van der Waals surface area contributed by atoms with Gasteiger partial charge in [0.25, 0.3) is 0 Å². The standard InChI is InChI=1S/C20H19N5/c1-2-20-7-15(20)10-25(11-20)19-17-16(9-22-18(17)23-12-24-19)14-5-3-4-13(6-14)8-21/h3-6,9,12,15H,2,7,10-11H2,1H3,(H,22,23,24). The van der Waals surface area contributed by atoms with Gasteiger partial charge in [-0.2, -0.15) is 5.26 Å². The molecule has 124 valence electrons. The summed E-state index contributed by atoms with van der Waals surface area (Å²) in [5.41, 5.74) is 4.12. The molecule has 3 aromatic rings. The summed E-state index contributed by atoms with van der Waals surface area (Å²) in [4.78, 5) is 14.7. The molecule has 0 amide bonds. The zero-order chi connectivity index (χ0) is 17.0. The lowest BCUT2D eigenvalue weighted by Gasteiger charge is -2.22. The first-order valence-electron chi connectivity index (χ1n) is 8.81. The van der Waals surface area contributed by atoms with Gasteiger partial charge in [0, 0.05) is 24.8 Å². The van der Waals surface area contributed by atoms with E-state index in [-0.39, 0.29) is 0 Å². The molecule has 0 bridgehead atoms. The topological polar surface area (TPSA) is 68.6 Å².